The lowest BCUT2D eigenvalue weighted by Crippen LogP contribution is -2.57. The molecule has 5 rings (SSSR count). The number of rotatable bonds is 7. The van der Waals surface area contributed by atoms with E-state index in [1.165, 1.54) is 11.1 Å². The predicted molar refractivity (Wildman–Crippen MR) is 157 cm³/mol. The number of primary amides is 1. The molecule has 1 amide bonds. The Morgan fingerprint density at radius 1 is 0.974 bits per heavy atom. The molecule has 2 aliphatic rings. The summed E-state index contributed by atoms with van der Waals surface area (Å²) in [6.07, 6.45) is 2.17. The number of guanidine groups is 1. The summed E-state index contributed by atoms with van der Waals surface area (Å²) < 4.78 is 5.30. The number of nitrogens with one attached hydrogen (secondary N) is 2. The predicted octanol–water partition coefficient (Wildman–Crippen LogP) is 4.32. The number of aliphatic imine (C=N–C) groups is 1. The summed E-state index contributed by atoms with van der Waals surface area (Å²) in [6, 6.07) is 25.8. The summed E-state index contributed by atoms with van der Waals surface area (Å²) in [5.41, 5.74) is 11.5. The normalized spacial score (nSPS) is 20.4. The van der Waals surface area contributed by atoms with Crippen LogP contribution in [0, 0.1) is 0 Å². The van der Waals surface area contributed by atoms with Crippen LogP contribution in [0.3, 0.4) is 0 Å². The molecule has 3 aromatic carbocycles. The van der Waals surface area contributed by atoms with Crippen molar-refractivity contribution in [1.29, 1.82) is 0 Å². The Morgan fingerprint density at radius 3 is 2.08 bits per heavy atom. The number of piperazine rings is 1. The molecule has 0 spiro atoms. The van der Waals surface area contributed by atoms with E-state index in [2.05, 4.69) is 77.9 Å². The first kappa shape index (κ1) is 26.8. The first-order valence-corrected chi connectivity index (χ1v) is 13.8. The molecule has 4 N–H and O–H groups in total. The fraction of sp³-hybridized carbons (Fsp3) is 0.375. The second-order valence-electron chi connectivity index (χ2n) is 10.9. The molecule has 0 radical (unpaired) electrons. The van der Waals surface area contributed by atoms with Gasteiger partial charge < -0.3 is 26.0 Å². The van der Waals surface area contributed by atoms with Crippen LogP contribution >= 0.6 is 0 Å². The minimum Gasteiger partial charge on any atom is -0.497 e. The number of ether oxygens (including phenoxy) is 1. The Hall–Kier alpha value is -3.84. The summed E-state index contributed by atoms with van der Waals surface area (Å²) in [5.74, 6) is 1.25. The van der Waals surface area contributed by atoms with Gasteiger partial charge in [0.2, 0.25) is 5.91 Å². The molecule has 3 unspecified atom stereocenters. The van der Waals surface area contributed by atoms with Crippen molar-refractivity contribution in [3.8, 4) is 5.75 Å². The number of benzene rings is 3. The van der Waals surface area contributed by atoms with Crippen molar-refractivity contribution >= 4 is 17.6 Å². The molecule has 3 atom stereocenters. The van der Waals surface area contributed by atoms with Gasteiger partial charge >= 0.3 is 0 Å². The summed E-state index contributed by atoms with van der Waals surface area (Å²) in [5, 5.41) is 7.27. The third-order valence-electron chi connectivity index (χ3n) is 7.68. The second kappa shape index (κ2) is 11.9. The number of fused-ring (bicyclic) bond motifs is 1. The van der Waals surface area contributed by atoms with E-state index >= 15 is 0 Å². The molecule has 0 bridgehead atoms. The molecule has 39 heavy (non-hydrogen) atoms. The molecule has 7 nitrogen and oxygen atoms in total. The zero-order valence-corrected chi connectivity index (χ0v) is 23.1. The van der Waals surface area contributed by atoms with E-state index in [9.17, 15) is 4.79 Å². The molecule has 204 valence electrons. The first-order valence-electron chi connectivity index (χ1n) is 13.8. The molecule has 7 heteroatoms. The van der Waals surface area contributed by atoms with E-state index in [1.54, 1.807) is 7.11 Å². The lowest BCUT2D eigenvalue weighted by molar-refractivity contribution is -0.118. The minimum absolute atomic E-state index is 0.123. The molecule has 0 aromatic heterocycles. The lowest BCUT2D eigenvalue weighted by atomic mass is 9.88. The Bertz CT molecular complexity index is 1270. The third-order valence-corrected chi connectivity index (χ3v) is 7.68. The highest BCUT2D eigenvalue weighted by atomic mass is 16.5. The lowest BCUT2D eigenvalue weighted by Gasteiger charge is -2.38. The van der Waals surface area contributed by atoms with E-state index in [0.29, 0.717) is 12.1 Å². The maximum absolute atomic E-state index is 11.9. The second-order valence-corrected chi connectivity index (χ2v) is 10.9. The minimum atomic E-state index is -0.327. The fourth-order valence-corrected chi connectivity index (χ4v) is 5.89. The average Bonchev–Trinajstić information content (AvgIpc) is 3.34. The number of methoxy groups -OCH3 is 1. The van der Waals surface area contributed by atoms with Crippen molar-refractivity contribution in [2.24, 2.45) is 10.7 Å². The smallest absolute Gasteiger partial charge is 0.218 e. The van der Waals surface area contributed by atoms with Crippen molar-refractivity contribution in [3.63, 3.8) is 0 Å². The number of nitrogens with zero attached hydrogens (tertiary/aromatic N) is 2. The average molecular weight is 526 g/mol. The number of nitrogens with two attached hydrogens (primary N) is 1. The standard InChI is InChI=1S/C32H39N5O2/c1-21-19-37(20-22(2)34-21)32(36-28-16-25-6-4-5-7-26(25)17-28)35-27-12-8-23(9-13-27)30(18-31(33)38)24-10-14-29(39-3)15-11-24/h4-15,21-22,28,30,34H,16-20H2,1-3H3,(H2,33,38)(H,35,36). The maximum atomic E-state index is 11.9. The van der Waals surface area contributed by atoms with Crippen molar-refractivity contribution in [2.45, 2.75) is 57.2 Å². The van der Waals surface area contributed by atoms with Crippen molar-refractivity contribution in [2.75, 3.05) is 25.5 Å². The van der Waals surface area contributed by atoms with Crippen LogP contribution < -0.4 is 21.1 Å². The summed E-state index contributed by atoms with van der Waals surface area (Å²) in [7, 11) is 1.65. The van der Waals surface area contributed by atoms with Gasteiger partial charge in [-0.2, -0.15) is 0 Å². The number of hydrogen-bond acceptors (Lipinski definition) is 4. The van der Waals surface area contributed by atoms with Gasteiger partial charge in [-0.05, 0) is 73.2 Å². The van der Waals surface area contributed by atoms with Crippen LogP contribution in [0.15, 0.2) is 77.8 Å². The maximum Gasteiger partial charge on any atom is 0.218 e. The molecule has 0 saturated carbocycles. The highest BCUT2D eigenvalue weighted by Gasteiger charge is 2.27. The van der Waals surface area contributed by atoms with Gasteiger partial charge in [0.1, 0.15) is 5.75 Å². The van der Waals surface area contributed by atoms with Gasteiger partial charge in [0.25, 0.3) is 0 Å². The summed E-state index contributed by atoms with van der Waals surface area (Å²) in [4.78, 5) is 19.6. The monoisotopic (exact) mass is 525 g/mol. The highest BCUT2D eigenvalue weighted by Crippen LogP contribution is 2.30. The van der Waals surface area contributed by atoms with Crippen LogP contribution in [0.2, 0.25) is 0 Å². The van der Waals surface area contributed by atoms with Gasteiger partial charge in [0.15, 0.2) is 5.96 Å². The van der Waals surface area contributed by atoms with Crippen molar-refractivity contribution in [3.05, 3.63) is 95.1 Å². The van der Waals surface area contributed by atoms with Gasteiger partial charge in [-0.3, -0.25) is 4.79 Å². The summed E-state index contributed by atoms with van der Waals surface area (Å²) >= 11 is 0. The fourth-order valence-electron chi connectivity index (χ4n) is 5.89. The van der Waals surface area contributed by atoms with E-state index in [4.69, 9.17) is 15.5 Å². The highest BCUT2D eigenvalue weighted by molar-refractivity contribution is 5.94. The molecule has 1 saturated heterocycles. The number of anilines is 1. The van der Waals surface area contributed by atoms with Crippen LogP contribution in [-0.2, 0) is 17.6 Å². The Kier molecular flexibility index (Phi) is 8.17. The Labute approximate surface area is 231 Å². The van der Waals surface area contributed by atoms with Crippen molar-refractivity contribution < 1.29 is 9.53 Å². The zero-order valence-electron chi connectivity index (χ0n) is 23.1. The Morgan fingerprint density at radius 2 is 1.54 bits per heavy atom. The van der Waals surface area contributed by atoms with Gasteiger partial charge in [0.05, 0.1) is 13.2 Å². The molecule has 1 heterocycles. The topological polar surface area (TPSA) is 92.0 Å². The number of amides is 1. The molecular formula is C32H39N5O2. The molecule has 1 aliphatic heterocycles. The molecule has 3 aromatic rings. The van der Waals surface area contributed by atoms with Crippen molar-refractivity contribution in [1.82, 2.24) is 10.2 Å². The molecule has 1 aliphatic carbocycles. The molecule has 1 fully saturated rings. The van der Waals surface area contributed by atoms with Gasteiger partial charge in [0, 0.05) is 43.2 Å². The van der Waals surface area contributed by atoms with Gasteiger partial charge in [-0.25, -0.2) is 4.99 Å². The number of hydrogen-bond donors (Lipinski definition) is 3. The van der Waals surface area contributed by atoms with E-state index in [-0.39, 0.29) is 24.3 Å². The van der Waals surface area contributed by atoms with Crippen LogP contribution in [0.5, 0.6) is 5.75 Å². The van der Waals surface area contributed by atoms with E-state index < -0.39 is 0 Å². The van der Waals surface area contributed by atoms with Gasteiger partial charge in [-0.1, -0.05) is 48.5 Å². The van der Waals surface area contributed by atoms with E-state index in [1.807, 2.05) is 24.3 Å². The van der Waals surface area contributed by atoms with Gasteiger partial charge in [-0.15, -0.1) is 0 Å². The van der Waals surface area contributed by atoms with E-state index in [0.717, 1.165) is 54.5 Å². The SMILES string of the molecule is COc1ccc(C(CC(N)=O)c2ccc(NC(=NC3Cc4ccccc4C3)N3CC(C)NC(C)C3)cc2)cc1. The third kappa shape index (κ3) is 6.60. The molecular weight excluding hydrogens is 486 g/mol. The van der Waals surface area contributed by atoms with Crippen LogP contribution in [0.25, 0.3) is 0 Å². The number of carbonyl (C=O) groups excluding carboxylic acids is 1. The zero-order chi connectivity index (χ0) is 27.4. The number of carbonyl (C=O) groups is 1. The largest absolute Gasteiger partial charge is 0.497 e. The summed E-state index contributed by atoms with van der Waals surface area (Å²) in [6.45, 7) is 6.23. The van der Waals surface area contributed by atoms with Crippen LogP contribution in [0.4, 0.5) is 5.69 Å². The quantitative estimate of drug-likeness (QED) is 0.316. The Balaban J connectivity index is 1.38. The van der Waals surface area contributed by atoms with Crippen LogP contribution in [0.1, 0.15) is 48.4 Å². The van der Waals surface area contributed by atoms with Crippen LogP contribution in [-0.4, -0.2) is 55.1 Å². The first-order chi connectivity index (χ1) is 18.9.